The van der Waals surface area contributed by atoms with Crippen LogP contribution in [0.25, 0.3) is 0 Å². The summed E-state index contributed by atoms with van der Waals surface area (Å²) in [6, 6.07) is 15.0. The van der Waals surface area contributed by atoms with Gasteiger partial charge in [-0.3, -0.25) is 4.79 Å². The first-order valence-electron chi connectivity index (χ1n) is 8.37. The number of hydrogen-bond acceptors (Lipinski definition) is 5. The van der Waals surface area contributed by atoms with Gasteiger partial charge in [-0.2, -0.15) is 0 Å². The molecular weight excluding hydrogens is 388 g/mol. The zero-order valence-electron chi connectivity index (χ0n) is 15.2. The Morgan fingerprint density at radius 3 is 2.44 bits per heavy atom. The Labute approximate surface area is 166 Å². The molecule has 0 aliphatic heterocycles. The van der Waals surface area contributed by atoms with Gasteiger partial charge < -0.3 is 15.4 Å². The summed E-state index contributed by atoms with van der Waals surface area (Å²) in [5, 5.41) is 5.94. The molecule has 0 aliphatic rings. The fourth-order valence-corrected chi connectivity index (χ4v) is 3.76. The molecule has 2 rings (SSSR count). The molecule has 0 aromatic heterocycles. The number of amides is 1. The average Bonchev–Trinajstić information content (AvgIpc) is 2.65. The summed E-state index contributed by atoms with van der Waals surface area (Å²) >= 11 is 0. The minimum Gasteiger partial charge on any atom is -0.383 e. The molecule has 0 fully saturated rings. The molecule has 1 amide bonds. The molecule has 0 bridgehead atoms. The van der Waals surface area contributed by atoms with Gasteiger partial charge in [0.15, 0.2) is 9.84 Å². The molecule has 148 valence electrons. The van der Waals surface area contributed by atoms with Gasteiger partial charge in [-0.05, 0) is 29.8 Å². The first-order chi connectivity index (χ1) is 12.5. The van der Waals surface area contributed by atoms with Gasteiger partial charge in [-0.15, -0.1) is 12.4 Å². The van der Waals surface area contributed by atoms with Crippen molar-refractivity contribution in [3.8, 4) is 0 Å². The van der Waals surface area contributed by atoms with E-state index in [1.165, 1.54) is 0 Å². The van der Waals surface area contributed by atoms with E-state index >= 15 is 0 Å². The first-order valence-corrected chi connectivity index (χ1v) is 10.0. The number of halogens is 1. The molecule has 0 atom stereocenters. The van der Waals surface area contributed by atoms with Gasteiger partial charge in [0.05, 0.1) is 17.3 Å². The standard InChI is InChI=1S/C19H24N2O4S.ClH/c1-25-13-12-20-10-11-21-19(22)17-7-5-6-16(14-17)15-26(23,24)18-8-3-2-4-9-18;/h2-9,14,20H,10-13,15H2,1H3,(H,21,22);1H. The SMILES string of the molecule is COCCNCCNC(=O)c1cccc(CS(=O)(=O)c2ccccc2)c1.Cl. The number of hydrogen-bond donors (Lipinski definition) is 2. The fraction of sp³-hybridized carbons (Fsp3) is 0.316. The molecule has 0 aliphatic carbocycles. The van der Waals surface area contributed by atoms with Crippen molar-refractivity contribution < 1.29 is 17.9 Å². The predicted molar refractivity (Wildman–Crippen MR) is 108 cm³/mol. The lowest BCUT2D eigenvalue weighted by molar-refractivity contribution is 0.0953. The molecule has 2 aromatic rings. The number of benzene rings is 2. The maximum absolute atomic E-state index is 12.5. The summed E-state index contributed by atoms with van der Waals surface area (Å²) in [5.41, 5.74) is 1.03. The molecular formula is C19H25ClN2O4S. The van der Waals surface area contributed by atoms with E-state index in [4.69, 9.17) is 4.74 Å². The van der Waals surface area contributed by atoms with Gasteiger partial charge in [-0.25, -0.2) is 8.42 Å². The van der Waals surface area contributed by atoms with E-state index < -0.39 is 9.84 Å². The fourth-order valence-electron chi connectivity index (χ4n) is 2.40. The van der Waals surface area contributed by atoms with Crippen molar-refractivity contribution >= 4 is 28.2 Å². The highest BCUT2D eigenvalue weighted by atomic mass is 35.5. The lowest BCUT2D eigenvalue weighted by Gasteiger charge is -2.09. The average molecular weight is 413 g/mol. The van der Waals surface area contributed by atoms with Crippen LogP contribution >= 0.6 is 12.4 Å². The highest BCUT2D eigenvalue weighted by Gasteiger charge is 2.15. The normalized spacial score (nSPS) is 10.9. The Hall–Kier alpha value is -1.93. The summed E-state index contributed by atoms with van der Waals surface area (Å²) in [5.74, 6) is -0.367. The molecule has 27 heavy (non-hydrogen) atoms. The van der Waals surface area contributed by atoms with Crippen molar-refractivity contribution in [3.05, 3.63) is 65.7 Å². The number of rotatable bonds is 10. The van der Waals surface area contributed by atoms with Crippen LogP contribution in [-0.4, -0.2) is 47.7 Å². The summed E-state index contributed by atoms with van der Waals surface area (Å²) < 4.78 is 29.8. The van der Waals surface area contributed by atoms with Crippen LogP contribution < -0.4 is 10.6 Å². The summed E-state index contributed by atoms with van der Waals surface area (Å²) in [4.78, 5) is 12.5. The zero-order valence-corrected chi connectivity index (χ0v) is 16.8. The van der Waals surface area contributed by atoms with Crippen molar-refractivity contribution in [1.82, 2.24) is 10.6 Å². The van der Waals surface area contributed by atoms with Crippen molar-refractivity contribution in [1.29, 1.82) is 0 Å². The molecule has 0 saturated carbocycles. The number of sulfone groups is 1. The second-order valence-corrected chi connectivity index (χ2v) is 7.76. The molecule has 0 radical (unpaired) electrons. The van der Waals surface area contributed by atoms with Gasteiger partial charge in [0.2, 0.25) is 0 Å². The van der Waals surface area contributed by atoms with E-state index in [-0.39, 0.29) is 29.0 Å². The van der Waals surface area contributed by atoms with Crippen LogP contribution in [0.1, 0.15) is 15.9 Å². The summed E-state index contributed by atoms with van der Waals surface area (Å²) in [7, 11) is -1.81. The quantitative estimate of drug-likeness (QED) is 0.583. The van der Waals surface area contributed by atoms with Crippen LogP contribution in [0.5, 0.6) is 0 Å². The number of nitrogens with one attached hydrogen (secondary N) is 2. The highest BCUT2D eigenvalue weighted by Crippen LogP contribution is 2.17. The smallest absolute Gasteiger partial charge is 0.251 e. The van der Waals surface area contributed by atoms with Crippen LogP contribution in [0.15, 0.2) is 59.5 Å². The van der Waals surface area contributed by atoms with Crippen LogP contribution in [0.3, 0.4) is 0 Å². The topological polar surface area (TPSA) is 84.5 Å². The molecule has 2 aromatic carbocycles. The van der Waals surface area contributed by atoms with E-state index in [9.17, 15) is 13.2 Å². The van der Waals surface area contributed by atoms with Gasteiger partial charge in [0, 0.05) is 32.3 Å². The van der Waals surface area contributed by atoms with E-state index in [0.29, 0.717) is 30.8 Å². The molecule has 0 heterocycles. The van der Waals surface area contributed by atoms with Gasteiger partial charge in [-0.1, -0.05) is 30.3 Å². The lowest BCUT2D eigenvalue weighted by Crippen LogP contribution is -2.33. The Morgan fingerprint density at radius 2 is 1.74 bits per heavy atom. The minimum absolute atomic E-state index is 0. The van der Waals surface area contributed by atoms with Crippen molar-refractivity contribution in [2.45, 2.75) is 10.6 Å². The summed E-state index contributed by atoms with van der Waals surface area (Å²) in [6.07, 6.45) is 0. The van der Waals surface area contributed by atoms with Crippen LogP contribution in [0.4, 0.5) is 0 Å². The van der Waals surface area contributed by atoms with Crippen molar-refractivity contribution in [2.24, 2.45) is 0 Å². The second-order valence-electron chi connectivity index (χ2n) is 5.77. The van der Waals surface area contributed by atoms with Gasteiger partial charge in [0.1, 0.15) is 0 Å². The number of methoxy groups -OCH3 is 1. The molecule has 0 saturated heterocycles. The molecule has 0 spiro atoms. The maximum atomic E-state index is 12.5. The molecule has 2 N–H and O–H groups in total. The van der Waals surface area contributed by atoms with Gasteiger partial charge in [0.25, 0.3) is 5.91 Å². The third-order valence-corrected chi connectivity index (χ3v) is 5.42. The third-order valence-electron chi connectivity index (χ3n) is 3.72. The molecule has 8 heteroatoms. The molecule has 6 nitrogen and oxygen atoms in total. The highest BCUT2D eigenvalue weighted by molar-refractivity contribution is 7.90. The number of ether oxygens (including phenoxy) is 1. The zero-order chi connectivity index (χ0) is 18.8. The van der Waals surface area contributed by atoms with E-state index in [2.05, 4.69) is 10.6 Å². The monoisotopic (exact) mass is 412 g/mol. The Bertz CT molecular complexity index is 813. The van der Waals surface area contributed by atoms with Gasteiger partial charge >= 0.3 is 0 Å². The largest absolute Gasteiger partial charge is 0.383 e. The Kier molecular flexibility index (Phi) is 10.0. The Balaban J connectivity index is 0.00000364. The third kappa shape index (κ3) is 7.68. The maximum Gasteiger partial charge on any atom is 0.251 e. The number of carbonyl (C=O) groups excluding carboxylic acids is 1. The van der Waals surface area contributed by atoms with Crippen LogP contribution in [0.2, 0.25) is 0 Å². The van der Waals surface area contributed by atoms with Crippen LogP contribution in [0, 0.1) is 0 Å². The van der Waals surface area contributed by atoms with Crippen molar-refractivity contribution in [2.75, 3.05) is 33.4 Å². The predicted octanol–water partition coefficient (Wildman–Crippen LogP) is 2.05. The second kappa shape index (κ2) is 11.7. The molecule has 0 unspecified atom stereocenters. The van der Waals surface area contributed by atoms with E-state index in [1.807, 2.05) is 0 Å². The first kappa shape index (κ1) is 23.1. The van der Waals surface area contributed by atoms with Crippen molar-refractivity contribution in [3.63, 3.8) is 0 Å². The lowest BCUT2D eigenvalue weighted by atomic mass is 10.1. The van der Waals surface area contributed by atoms with E-state index in [0.717, 1.165) is 6.54 Å². The minimum atomic E-state index is -3.44. The number of carbonyl (C=O) groups is 1. The summed E-state index contributed by atoms with van der Waals surface area (Å²) in [6.45, 7) is 2.46. The van der Waals surface area contributed by atoms with E-state index in [1.54, 1.807) is 61.7 Å². The Morgan fingerprint density at radius 1 is 1.00 bits per heavy atom. The van der Waals surface area contributed by atoms with Crippen LogP contribution in [-0.2, 0) is 20.3 Å².